The SMILES string of the molecule is CCCCCCCCCCCCCCCC(=O)Oc1cc2c(cc1OC)[C@@]1(CS[C@@H]3c4c(OC(C)=O)c(C)c5c(c4[C@H](COC1=O)N1C3[C@@H]3N[C@@H](Cc4cc(C)c(OC)c(O)c43)[C@@H]1C#N)OCO5)NCC2. The fourth-order valence-electron chi connectivity index (χ4n) is 12.3. The summed E-state index contributed by atoms with van der Waals surface area (Å²) in [6, 6.07) is 5.27. The highest BCUT2D eigenvalue weighted by Crippen LogP contribution is 2.63. The van der Waals surface area contributed by atoms with Gasteiger partial charge in [-0.25, -0.2) is 4.79 Å². The number of hydrogen-bond donors (Lipinski definition) is 3. The van der Waals surface area contributed by atoms with Crippen LogP contribution in [-0.2, 0) is 37.5 Å². The third kappa shape index (κ3) is 9.52. The molecule has 3 aromatic rings. The van der Waals surface area contributed by atoms with E-state index in [0.717, 1.165) is 36.0 Å². The van der Waals surface area contributed by atoms with Crippen LogP contribution in [0, 0.1) is 25.2 Å². The van der Waals surface area contributed by atoms with Crippen molar-refractivity contribution < 1.29 is 52.6 Å². The first-order valence-corrected chi connectivity index (χ1v) is 26.9. The van der Waals surface area contributed by atoms with Gasteiger partial charge in [-0.1, -0.05) is 90.0 Å². The van der Waals surface area contributed by atoms with E-state index in [1.165, 1.54) is 97.1 Å². The van der Waals surface area contributed by atoms with Gasteiger partial charge < -0.3 is 43.6 Å². The van der Waals surface area contributed by atoms with Crippen molar-refractivity contribution >= 4 is 29.7 Å². The van der Waals surface area contributed by atoms with Gasteiger partial charge in [-0.3, -0.25) is 19.8 Å². The van der Waals surface area contributed by atoms with Crippen LogP contribution in [0.4, 0.5) is 0 Å². The molecule has 3 N–H and O–H groups in total. The Kier molecular flexibility index (Phi) is 15.6. The molecule has 3 aromatic carbocycles. The van der Waals surface area contributed by atoms with Gasteiger partial charge in [0.25, 0.3) is 0 Å². The predicted molar refractivity (Wildman–Crippen MR) is 268 cm³/mol. The van der Waals surface area contributed by atoms with Gasteiger partial charge in [-0.2, -0.15) is 5.26 Å². The van der Waals surface area contributed by atoms with Crippen molar-refractivity contribution in [1.29, 1.82) is 5.26 Å². The Morgan fingerprint density at radius 1 is 0.873 bits per heavy atom. The third-order valence-corrected chi connectivity index (χ3v) is 17.1. The molecule has 0 aromatic heterocycles. The predicted octanol–water partition coefficient (Wildman–Crippen LogP) is 9.33. The van der Waals surface area contributed by atoms with Crippen molar-refractivity contribution in [1.82, 2.24) is 15.5 Å². The lowest BCUT2D eigenvalue weighted by atomic mass is 9.72. The van der Waals surface area contributed by atoms with Crippen LogP contribution in [0.1, 0.15) is 166 Å². The van der Waals surface area contributed by atoms with Crippen LogP contribution in [0.3, 0.4) is 0 Å². The number of methoxy groups -OCH3 is 2. The van der Waals surface area contributed by atoms with Gasteiger partial charge in [0.1, 0.15) is 18.4 Å². The summed E-state index contributed by atoms with van der Waals surface area (Å²) in [5.74, 6) is 0.958. The first-order valence-electron chi connectivity index (χ1n) is 25.9. The minimum Gasteiger partial charge on any atom is -0.504 e. The van der Waals surface area contributed by atoms with Crippen molar-refractivity contribution in [3.05, 3.63) is 62.7 Å². The molecule has 7 atom stereocenters. The lowest BCUT2D eigenvalue weighted by Crippen LogP contribution is -2.69. The maximum Gasteiger partial charge on any atom is 0.331 e. The number of rotatable bonds is 18. The number of thioether (sulfide) groups is 1. The molecular weight excluding hydrogens is 925 g/mol. The molecule has 4 bridgehead atoms. The number of esters is 3. The van der Waals surface area contributed by atoms with Crippen LogP contribution in [0.5, 0.6) is 40.2 Å². The van der Waals surface area contributed by atoms with E-state index in [0.29, 0.717) is 88.1 Å². The fourth-order valence-corrected chi connectivity index (χ4v) is 14.0. The number of unbranched alkanes of at least 4 members (excludes halogenated alkanes) is 12. The van der Waals surface area contributed by atoms with Gasteiger partial charge in [-0.05, 0) is 67.5 Å². The van der Waals surface area contributed by atoms with Crippen LogP contribution in [0.25, 0.3) is 0 Å². The summed E-state index contributed by atoms with van der Waals surface area (Å²) in [6.45, 7) is 7.48. The molecule has 0 amide bonds. The zero-order valence-corrected chi connectivity index (χ0v) is 43.0. The molecule has 1 unspecified atom stereocenters. The van der Waals surface area contributed by atoms with E-state index >= 15 is 4.79 Å². The van der Waals surface area contributed by atoms with Gasteiger partial charge in [0.05, 0.1) is 37.6 Å². The van der Waals surface area contributed by atoms with Gasteiger partial charge in [0.15, 0.2) is 40.0 Å². The zero-order valence-electron chi connectivity index (χ0n) is 42.2. The smallest absolute Gasteiger partial charge is 0.331 e. The molecule has 71 heavy (non-hydrogen) atoms. The number of aromatic hydroxyl groups is 1. The van der Waals surface area contributed by atoms with E-state index in [9.17, 15) is 20.0 Å². The van der Waals surface area contributed by atoms with Gasteiger partial charge in [-0.15, -0.1) is 11.8 Å². The van der Waals surface area contributed by atoms with Crippen molar-refractivity contribution in [3.63, 3.8) is 0 Å². The van der Waals surface area contributed by atoms with Crippen LogP contribution in [0.15, 0.2) is 18.2 Å². The molecule has 16 heteroatoms. The van der Waals surface area contributed by atoms with Gasteiger partial charge in [0.2, 0.25) is 6.79 Å². The van der Waals surface area contributed by atoms with Crippen LogP contribution >= 0.6 is 11.8 Å². The van der Waals surface area contributed by atoms with E-state index in [1.54, 1.807) is 6.07 Å². The Morgan fingerprint density at radius 2 is 1.58 bits per heavy atom. The standard InChI is InChI=1S/C55H70N4O11S/c1-7-8-9-10-11-12-13-14-15-16-17-18-19-20-42(61)70-41-25-34-21-22-57-55(36(34)26-40(41)64-5)29-71-53-45-44(52-51(67-30-68-52)32(3)50(45)69-33(4)60)39(28-66-54(55)63)59-38(27-56)37-24-35-23-31(2)49(65-6)48(62)43(35)46(58-37)47(53)59/h23,25-26,37-39,46-47,53,57-58,62H,7-22,24,28-30H2,1-6H3/t37-,38-,39-,46+,47?,53+,55+/m0/s1. The van der Waals surface area contributed by atoms with Gasteiger partial charge >= 0.3 is 17.9 Å². The molecule has 0 radical (unpaired) electrons. The van der Waals surface area contributed by atoms with E-state index in [-0.39, 0.29) is 36.9 Å². The van der Waals surface area contributed by atoms with E-state index in [1.807, 2.05) is 26.0 Å². The molecule has 2 fully saturated rings. The number of phenolic OH excluding ortho intramolecular Hbond substituents is 1. The summed E-state index contributed by atoms with van der Waals surface area (Å²) < 4.78 is 42.8. The number of fused-ring (bicyclic) bond motifs is 9. The Bertz CT molecular complexity index is 2560. The Balaban J connectivity index is 1.03. The Labute approximate surface area is 421 Å². The van der Waals surface area contributed by atoms with Crippen LogP contribution < -0.4 is 39.1 Å². The minimum atomic E-state index is -1.41. The second-order valence-electron chi connectivity index (χ2n) is 20.1. The normalized spacial score (nSPS) is 24.7. The highest BCUT2D eigenvalue weighted by atomic mass is 32.2. The first kappa shape index (κ1) is 50.7. The van der Waals surface area contributed by atoms with E-state index in [4.69, 9.17) is 33.2 Å². The average molecular weight is 995 g/mol. The number of hydrogen-bond acceptors (Lipinski definition) is 16. The molecule has 7 aliphatic rings. The summed E-state index contributed by atoms with van der Waals surface area (Å²) in [5, 5.41) is 30.0. The quantitative estimate of drug-likeness (QED) is 0.0621. The maximum atomic E-state index is 15.2. The number of nitriles is 1. The lowest BCUT2D eigenvalue weighted by Gasteiger charge is -2.59. The Hall–Kier alpha value is -5.21. The highest BCUT2D eigenvalue weighted by molar-refractivity contribution is 7.99. The lowest BCUT2D eigenvalue weighted by molar-refractivity contribution is -0.155. The summed E-state index contributed by atoms with van der Waals surface area (Å²) >= 11 is 1.47. The number of ether oxygens (including phenoxy) is 7. The third-order valence-electron chi connectivity index (χ3n) is 15.6. The minimum absolute atomic E-state index is 0.0211. The molecule has 0 aliphatic carbocycles. The number of carbonyl (C=O) groups is 3. The molecule has 382 valence electrons. The molecule has 2 saturated heterocycles. The second kappa shape index (κ2) is 21.9. The number of carbonyl (C=O) groups excluding carboxylic acids is 3. The second-order valence-corrected chi connectivity index (χ2v) is 21.2. The zero-order chi connectivity index (χ0) is 50.0. The van der Waals surface area contributed by atoms with Crippen molar-refractivity contribution in [2.45, 2.75) is 171 Å². The summed E-state index contributed by atoms with van der Waals surface area (Å²) in [4.78, 5) is 43.7. The number of benzene rings is 3. The summed E-state index contributed by atoms with van der Waals surface area (Å²) in [6.07, 6.45) is 17.1. The average Bonchev–Trinajstić information content (AvgIpc) is 3.85. The molecule has 7 aliphatic heterocycles. The molecule has 0 saturated carbocycles. The Morgan fingerprint density at radius 3 is 2.25 bits per heavy atom. The largest absolute Gasteiger partial charge is 0.504 e. The number of aryl methyl sites for hydroxylation is 1. The monoisotopic (exact) mass is 994 g/mol. The summed E-state index contributed by atoms with van der Waals surface area (Å²) in [5.41, 5.74) is 4.29. The molecule has 1 spiro atoms. The number of nitrogens with one attached hydrogen (secondary N) is 2. The van der Waals surface area contributed by atoms with Gasteiger partial charge in [0, 0.05) is 60.0 Å². The number of nitrogens with zero attached hydrogens (tertiary/aromatic N) is 2. The van der Waals surface area contributed by atoms with E-state index < -0.39 is 46.9 Å². The summed E-state index contributed by atoms with van der Waals surface area (Å²) in [7, 11) is 3.05. The maximum absolute atomic E-state index is 15.2. The molecular formula is C55H70N4O11S. The fraction of sp³-hybridized carbons (Fsp3) is 0.600. The van der Waals surface area contributed by atoms with Crippen molar-refractivity contribution in [2.75, 3.05) is 39.9 Å². The van der Waals surface area contributed by atoms with Crippen molar-refractivity contribution in [3.8, 4) is 46.3 Å². The van der Waals surface area contributed by atoms with Crippen LogP contribution in [-0.4, -0.2) is 86.0 Å². The molecule has 15 nitrogen and oxygen atoms in total. The first-order chi connectivity index (χ1) is 34.5. The topological polar surface area (TPSA) is 187 Å². The molecule has 10 rings (SSSR count). The van der Waals surface area contributed by atoms with E-state index in [2.05, 4.69) is 28.5 Å². The molecule has 7 heterocycles. The highest BCUT2D eigenvalue weighted by Gasteiger charge is 2.60. The number of phenols is 1. The number of piperazine rings is 1. The van der Waals surface area contributed by atoms with Crippen LogP contribution in [0.2, 0.25) is 0 Å². The van der Waals surface area contributed by atoms with Crippen molar-refractivity contribution in [2.24, 2.45) is 0 Å².